The first kappa shape index (κ1) is 16.8. The number of carbonyl (C=O) groups is 2. The number of likely N-dealkylation sites (tertiary alicyclic amines) is 1. The summed E-state index contributed by atoms with van der Waals surface area (Å²) >= 11 is 0. The maximum Gasteiger partial charge on any atom is 0.326 e. The van der Waals surface area contributed by atoms with E-state index in [2.05, 4.69) is 0 Å². The molecule has 5 nitrogen and oxygen atoms in total. The van der Waals surface area contributed by atoms with Crippen molar-refractivity contribution in [2.75, 3.05) is 6.54 Å². The monoisotopic (exact) mass is 331 g/mol. The number of ether oxygens (including phenoxy) is 1. The average Bonchev–Trinajstić information content (AvgIpc) is 3.24. The highest BCUT2D eigenvalue weighted by Crippen LogP contribution is 2.25. The molecule has 1 aliphatic heterocycles. The van der Waals surface area contributed by atoms with Gasteiger partial charge in [0.1, 0.15) is 11.8 Å². The molecule has 1 atom stereocenters. The first-order chi connectivity index (χ1) is 11.6. The van der Waals surface area contributed by atoms with Gasteiger partial charge in [-0.15, -0.1) is 0 Å². The molecule has 2 fully saturated rings. The van der Waals surface area contributed by atoms with Gasteiger partial charge in [0.2, 0.25) is 5.91 Å². The predicted molar refractivity (Wildman–Crippen MR) is 90.0 cm³/mol. The van der Waals surface area contributed by atoms with Gasteiger partial charge in [-0.2, -0.15) is 0 Å². The van der Waals surface area contributed by atoms with Gasteiger partial charge in [0.15, 0.2) is 0 Å². The molecular formula is C19H25NO4. The topological polar surface area (TPSA) is 66.8 Å². The van der Waals surface area contributed by atoms with Crippen molar-refractivity contribution >= 4 is 11.9 Å². The third kappa shape index (κ3) is 4.08. The van der Waals surface area contributed by atoms with E-state index in [1.807, 2.05) is 24.3 Å². The van der Waals surface area contributed by atoms with Gasteiger partial charge in [-0.25, -0.2) is 4.79 Å². The summed E-state index contributed by atoms with van der Waals surface area (Å²) in [5.74, 6) is -0.0914. The Morgan fingerprint density at radius 1 is 1.17 bits per heavy atom. The number of hydrogen-bond acceptors (Lipinski definition) is 3. The summed E-state index contributed by atoms with van der Waals surface area (Å²) in [5, 5.41) is 9.18. The summed E-state index contributed by atoms with van der Waals surface area (Å²) in [6.07, 6.45) is 7.32. The van der Waals surface area contributed by atoms with E-state index in [0.29, 0.717) is 31.9 Å². The van der Waals surface area contributed by atoms with Crippen LogP contribution in [-0.2, 0) is 16.0 Å². The molecule has 1 aliphatic carbocycles. The summed E-state index contributed by atoms with van der Waals surface area (Å²) in [4.78, 5) is 25.0. The van der Waals surface area contributed by atoms with Gasteiger partial charge in [-0.1, -0.05) is 12.1 Å². The van der Waals surface area contributed by atoms with Crippen molar-refractivity contribution in [3.8, 4) is 5.75 Å². The number of aryl methyl sites for hydroxylation is 1. The van der Waals surface area contributed by atoms with Crippen LogP contribution in [0.5, 0.6) is 5.75 Å². The Balaban J connectivity index is 1.54. The van der Waals surface area contributed by atoms with Crippen LogP contribution in [0, 0.1) is 0 Å². The third-order valence-electron chi connectivity index (χ3n) is 4.99. The van der Waals surface area contributed by atoms with Gasteiger partial charge in [0.25, 0.3) is 0 Å². The Hall–Kier alpha value is -2.04. The lowest BCUT2D eigenvalue weighted by Gasteiger charge is -2.21. The fraction of sp³-hybridized carbons (Fsp3) is 0.579. The quantitative estimate of drug-likeness (QED) is 0.870. The highest BCUT2D eigenvalue weighted by atomic mass is 16.5. The van der Waals surface area contributed by atoms with Gasteiger partial charge in [0.05, 0.1) is 6.10 Å². The third-order valence-corrected chi connectivity index (χ3v) is 4.99. The Kier molecular flexibility index (Phi) is 5.38. The first-order valence-corrected chi connectivity index (χ1v) is 8.91. The van der Waals surface area contributed by atoms with Crippen LogP contribution in [0.1, 0.15) is 50.5 Å². The summed E-state index contributed by atoms with van der Waals surface area (Å²) < 4.78 is 6.00. The van der Waals surface area contributed by atoms with Crippen molar-refractivity contribution in [2.24, 2.45) is 0 Å². The van der Waals surface area contributed by atoms with E-state index >= 15 is 0 Å². The van der Waals surface area contributed by atoms with Gasteiger partial charge in [-0.05, 0) is 62.6 Å². The molecule has 0 unspecified atom stereocenters. The number of carboxylic acids is 1. The summed E-state index contributed by atoms with van der Waals surface area (Å²) in [7, 11) is 0. The Morgan fingerprint density at radius 3 is 2.71 bits per heavy atom. The lowest BCUT2D eigenvalue weighted by atomic mass is 10.1. The number of carboxylic acid groups (broad SMARTS) is 1. The Morgan fingerprint density at radius 2 is 1.96 bits per heavy atom. The van der Waals surface area contributed by atoms with Crippen molar-refractivity contribution in [1.82, 2.24) is 4.90 Å². The molecule has 1 aromatic carbocycles. The smallest absolute Gasteiger partial charge is 0.326 e. The number of aliphatic carboxylic acids is 1. The summed E-state index contributed by atoms with van der Waals surface area (Å²) in [6, 6.07) is 7.27. The molecule has 1 N–H and O–H groups in total. The number of nitrogens with zero attached hydrogens (tertiary/aromatic N) is 1. The number of hydrogen-bond donors (Lipinski definition) is 1. The van der Waals surface area contributed by atoms with Crippen molar-refractivity contribution in [3.63, 3.8) is 0 Å². The van der Waals surface area contributed by atoms with Crippen LogP contribution in [0.25, 0.3) is 0 Å². The van der Waals surface area contributed by atoms with Crippen LogP contribution in [0.2, 0.25) is 0 Å². The SMILES string of the molecule is O=C(O)[C@@H]1CCCN1C(=O)CCc1cccc(OC2CCCC2)c1. The molecule has 130 valence electrons. The normalized spacial score (nSPS) is 21.2. The zero-order valence-corrected chi connectivity index (χ0v) is 13.9. The standard InChI is InChI=1S/C19H25NO4/c21-18(20-12-4-9-17(20)19(22)23)11-10-14-5-3-8-16(13-14)24-15-6-1-2-7-15/h3,5,8,13,15,17H,1-2,4,6-7,9-12H2,(H,22,23)/t17-/m0/s1. The molecule has 3 rings (SSSR count). The lowest BCUT2D eigenvalue weighted by Crippen LogP contribution is -2.40. The van der Waals surface area contributed by atoms with Gasteiger partial charge in [0, 0.05) is 13.0 Å². The van der Waals surface area contributed by atoms with Crippen LogP contribution in [0.15, 0.2) is 24.3 Å². The van der Waals surface area contributed by atoms with E-state index in [1.165, 1.54) is 17.7 Å². The molecule has 1 saturated carbocycles. The number of carbonyl (C=O) groups excluding carboxylic acids is 1. The van der Waals surface area contributed by atoms with Crippen molar-refractivity contribution < 1.29 is 19.4 Å². The molecule has 2 aliphatic rings. The number of benzene rings is 1. The molecular weight excluding hydrogens is 306 g/mol. The molecule has 1 amide bonds. The second-order valence-corrected chi connectivity index (χ2v) is 6.76. The van der Waals surface area contributed by atoms with Gasteiger partial charge >= 0.3 is 5.97 Å². The highest BCUT2D eigenvalue weighted by molar-refractivity contribution is 5.84. The largest absolute Gasteiger partial charge is 0.490 e. The van der Waals surface area contributed by atoms with E-state index in [1.54, 1.807) is 0 Å². The fourth-order valence-corrected chi connectivity index (χ4v) is 3.69. The number of rotatable bonds is 6. The lowest BCUT2D eigenvalue weighted by molar-refractivity contribution is -0.148. The fourth-order valence-electron chi connectivity index (χ4n) is 3.69. The van der Waals surface area contributed by atoms with Crippen LogP contribution in [-0.4, -0.2) is 40.6 Å². The van der Waals surface area contributed by atoms with Gasteiger partial charge < -0.3 is 14.7 Å². The minimum absolute atomic E-state index is 0.0676. The summed E-state index contributed by atoms with van der Waals surface area (Å²) in [5.41, 5.74) is 1.06. The molecule has 0 radical (unpaired) electrons. The molecule has 5 heteroatoms. The Labute approximate surface area is 142 Å². The maximum absolute atomic E-state index is 12.3. The zero-order valence-electron chi connectivity index (χ0n) is 13.9. The molecule has 1 aromatic rings. The second kappa shape index (κ2) is 7.69. The molecule has 1 saturated heterocycles. The highest BCUT2D eigenvalue weighted by Gasteiger charge is 2.33. The van der Waals surface area contributed by atoms with E-state index in [0.717, 1.165) is 30.6 Å². The van der Waals surface area contributed by atoms with Crippen molar-refractivity contribution in [1.29, 1.82) is 0 Å². The van der Waals surface area contributed by atoms with Crippen LogP contribution < -0.4 is 4.74 Å². The number of amides is 1. The van der Waals surface area contributed by atoms with E-state index in [9.17, 15) is 14.7 Å². The molecule has 0 aromatic heterocycles. The van der Waals surface area contributed by atoms with Crippen LogP contribution in [0.4, 0.5) is 0 Å². The zero-order chi connectivity index (χ0) is 16.9. The first-order valence-electron chi connectivity index (χ1n) is 8.91. The summed E-state index contributed by atoms with van der Waals surface area (Å²) in [6.45, 7) is 0.556. The van der Waals surface area contributed by atoms with E-state index in [-0.39, 0.29) is 5.91 Å². The molecule has 0 spiro atoms. The van der Waals surface area contributed by atoms with Crippen LogP contribution >= 0.6 is 0 Å². The minimum atomic E-state index is -0.896. The van der Waals surface area contributed by atoms with Crippen molar-refractivity contribution in [3.05, 3.63) is 29.8 Å². The van der Waals surface area contributed by atoms with Crippen molar-refractivity contribution in [2.45, 2.75) is 63.5 Å². The Bertz CT molecular complexity index is 595. The second-order valence-electron chi connectivity index (χ2n) is 6.76. The molecule has 1 heterocycles. The molecule has 0 bridgehead atoms. The molecule has 24 heavy (non-hydrogen) atoms. The average molecular weight is 331 g/mol. The predicted octanol–water partition coefficient (Wildman–Crippen LogP) is 3.02. The van der Waals surface area contributed by atoms with E-state index in [4.69, 9.17) is 4.74 Å². The van der Waals surface area contributed by atoms with Crippen LogP contribution in [0.3, 0.4) is 0 Å². The van der Waals surface area contributed by atoms with Gasteiger partial charge in [-0.3, -0.25) is 4.79 Å². The van der Waals surface area contributed by atoms with E-state index < -0.39 is 12.0 Å². The minimum Gasteiger partial charge on any atom is -0.490 e. The maximum atomic E-state index is 12.3.